The van der Waals surface area contributed by atoms with Crippen LogP contribution in [0.4, 0.5) is 0 Å². The highest BCUT2D eigenvalue weighted by molar-refractivity contribution is 7.17. The van der Waals surface area contributed by atoms with Crippen LogP contribution in [-0.4, -0.2) is 19.7 Å². The van der Waals surface area contributed by atoms with Gasteiger partial charge in [0.1, 0.15) is 5.69 Å². The second-order valence-corrected chi connectivity index (χ2v) is 6.82. The van der Waals surface area contributed by atoms with Crippen molar-refractivity contribution in [3.63, 3.8) is 0 Å². The standard InChI is InChI=1S/C21H14N4S/c1-2-4-16(5-3-1)25-13-10-19(24-25)18-6-7-20-21(23-18)17(14-26-20)15-8-11-22-12-9-15/h1-14H. The van der Waals surface area contributed by atoms with Crippen LogP contribution >= 0.6 is 11.3 Å². The van der Waals surface area contributed by atoms with E-state index in [0.29, 0.717) is 0 Å². The minimum absolute atomic E-state index is 0.864. The fourth-order valence-corrected chi connectivity index (χ4v) is 3.88. The first-order valence-electron chi connectivity index (χ1n) is 8.28. The largest absolute Gasteiger partial charge is 0.265 e. The molecule has 0 unspecified atom stereocenters. The second-order valence-electron chi connectivity index (χ2n) is 5.91. The van der Waals surface area contributed by atoms with Gasteiger partial charge in [-0.05, 0) is 48.0 Å². The number of benzene rings is 1. The highest BCUT2D eigenvalue weighted by atomic mass is 32.1. The number of aromatic nitrogens is 4. The Labute approximate surface area is 154 Å². The topological polar surface area (TPSA) is 43.6 Å². The van der Waals surface area contributed by atoms with Crippen LogP contribution in [0.2, 0.25) is 0 Å². The second kappa shape index (κ2) is 6.20. The van der Waals surface area contributed by atoms with E-state index in [1.807, 2.05) is 77.9 Å². The lowest BCUT2D eigenvalue weighted by Crippen LogP contribution is -1.94. The maximum atomic E-state index is 4.90. The van der Waals surface area contributed by atoms with Gasteiger partial charge in [0.15, 0.2) is 0 Å². The molecule has 0 aliphatic carbocycles. The van der Waals surface area contributed by atoms with E-state index in [9.17, 15) is 0 Å². The van der Waals surface area contributed by atoms with Gasteiger partial charge in [0.25, 0.3) is 0 Å². The zero-order chi connectivity index (χ0) is 17.3. The molecule has 4 nitrogen and oxygen atoms in total. The van der Waals surface area contributed by atoms with Gasteiger partial charge in [0.05, 0.1) is 21.6 Å². The third-order valence-electron chi connectivity index (χ3n) is 4.28. The highest BCUT2D eigenvalue weighted by Gasteiger charge is 2.11. The fraction of sp³-hybridized carbons (Fsp3) is 0. The van der Waals surface area contributed by atoms with Crippen LogP contribution in [0.1, 0.15) is 0 Å². The molecule has 0 atom stereocenters. The van der Waals surface area contributed by atoms with Crippen molar-refractivity contribution in [2.45, 2.75) is 0 Å². The van der Waals surface area contributed by atoms with Gasteiger partial charge in [-0.3, -0.25) is 4.98 Å². The van der Waals surface area contributed by atoms with Gasteiger partial charge in [-0.2, -0.15) is 5.10 Å². The summed E-state index contributed by atoms with van der Waals surface area (Å²) < 4.78 is 3.04. The normalized spacial score (nSPS) is 11.1. The summed E-state index contributed by atoms with van der Waals surface area (Å²) in [5.74, 6) is 0. The summed E-state index contributed by atoms with van der Waals surface area (Å²) in [5.41, 5.74) is 6.05. The number of rotatable bonds is 3. The predicted molar refractivity (Wildman–Crippen MR) is 105 cm³/mol. The monoisotopic (exact) mass is 354 g/mol. The maximum Gasteiger partial charge on any atom is 0.111 e. The lowest BCUT2D eigenvalue weighted by atomic mass is 10.1. The Bertz CT molecular complexity index is 1180. The highest BCUT2D eigenvalue weighted by Crippen LogP contribution is 2.33. The van der Waals surface area contributed by atoms with Crippen molar-refractivity contribution in [3.8, 4) is 28.2 Å². The molecule has 4 heterocycles. The van der Waals surface area contributed by atoms with Crippen molar-refractivity contribution >= 4 is 21.6 Å². The molecule has 0 fully saturated rings. The molecule has 0 saturated carbocycles. The van der Waals surface area contributed by atoms with Gasteiger partial charge < -0.3 is 0 Å². The van der Waals surface area contributed by atoms with Crippen LogP contribution in [0.3, 0.4) is 0 Å². The third kappa shape index (κ3) is 2.59. The fourth-order valence-electron chi connectivity index (χ4n) is 2.98. The molecule has 0 N–H and O–H groups in total. The molecule has 4 aromatic heterocycles. The van der Waals surface area contributed by atoms with Crippen molar-refractivity contribution in [1.29, 1.82) is 0 Å². The van der Waals surface area contributed by atoms with E-state index in [2.05, 4.69) is 16.4 Å². The molecule has 0 saturated heterocycles. The smallest absolute Gasteiger partial charge is 0.111 e. The lowest BCUT2D eigenvalue weighted by molar-refractivity contribution is 0.883. The maximum absolute atomic E-state index is 4.90. The molecular formula is C21H14N4S. The van der Waals surface area contributed by atoms with Crippen molar-refractivity contribution < 1.29 is 0 Å². The van der Waals surface area contributed by atoms with E-state index < -0.39 is 0 Å². The average Bonchev–Trinajstić information content (AvgIpc) is 3.36. The van der Waals surface area contributed by atoms with Crippen LogP contribution < -0.4 is 0 Å². The van der Waals surface area contributed by atoms with E-state index >= 15 is 0 Å². The predicted octanol–water partition coefficient (Wildman–Crippen LogP) is 5.21. The Morgan fingerprint density at radius 2 is 1.65 bits per heavy atom. The first kappa shape index (κ1) is 15.0. The molecule has 0 radical (unpaired) electrons. The minimum atomic E-state index is 0.864. The van der Waals surface area contributed by atoms with Gasteiger partial charge in [0, 0.05) is 29.5 Å². The van der Waals surface area contributed by atoms with E-state index in [1.54, 1.807) is 11.3 Å². The number of hydrogen-bond acceptors (Lipinski definition) is 4. The summed E-state index contributed by atoms with van der Waals surface area (Å²) in [4.78, 5) is 9.01. The Morgan fingerprint density at radius 1 is 0.808 bits per heavy atom. The minimum Gasteiger partial charge on any atom is -0.265 e. The molecule has 124 valence electrons. The molecule has 5 heteroatoms. The number of thiophene rings is 1. The van der Waals surface area contributed by atoms with Gasteiger partial charge in [0.2, 0.25) is 0 Å². The Kier molecular flexibility index (Phi) is 3.57. The summed E-state index contributed by atoms with van der Waals surface area (Å²) in [7, 11) is 0. The zero-order valence-electron chi connectivity index (χ0n) is 13.8. The summed E-state index contributed by atoms with van der Waals surface area (Å²) in [6, 6.07) is 20.3. The summed E-state index contributed by atoms with van der Waals surface area (Å²) >= 11 is 1.71. The van der Waals surface area contributed by atoms with E-state index in [4.69, 9.17) is 10.1 Å². The van der Waals surface area contributed by atoms with Crippen LogP contribution in [-0.2, 0) is 0 Å². The van der Waals surface area contributed by atoms with Crippen molar-refractivity contribution in [2.75, 3.05) is 0 Å². The molecule has 0 aliphatic heterocycles. The molecule has 0 bridgehead atoms. The molecule has 0 amide bonds. The zero-order valence-corrected chi connectivity index (χ0v) is 14.6. The number of hydrogen-bond donors (Lipinski definition) is 0. The third-order valence-corrected chi connectivity index (χ3v) is 5.22. The van der Waals surface area contributed by atoms with Crippen LogP contribution in [0, 0.1) is 0 Å². The van der Waals surface area contributed by atoms with Crippen LogP contribution in [0.15, 0.2) is 84.6 Å². The van der Waals surface area contributed by atoms with E-state index in [-0.39, 0.29) is 0 Å². The molecule has 1 aromatic carbocycles. The van der Waals surface area contributed by atoms with Gasteiger partial charge in [-0.25, -0.2) is 9.67 Å². The van der Waals surface area contributed by atoms with Crippen LogP contribution in [0.25, 0.3) is 38.4 Å². The summed E-state index contributed by atoms with van der Waals surface area (Å²) in [6.07, 6.45) is 5.59. The summed E-state index contributed by atoms with van der Waals surface area (Å²) in [6.45, 7) is 0. The molecule has 5 aromatic rings. The number of para-hydroxylation sites is 1. The van der Waals surface area contributed by atoms with Crippen molar-refractivity contribution in [3.05, 3.63) is 84.6 Å². The number of pyridine rings is 2. The number of fused-ring (bicyclic) bond motifs is 1. The van der Waals surface area contributed by atoms with Gasteiger partial charge in [-0.1, -0.05) is 18.2 Å². The molecule has 26 heavy (non-hydrogen) atoms. The van der Waals surface area contributed by atoms with Crippen molar-refractivity contribution in [2.24, 2.45) is 0 Å². The Balaban J connectivity index is 1.59. The first-order valence-corrected chi connectivity index (χ1v) is 9.16. The van der Waals surface area contributed by atoms with Crippen molar-refractivity contribution in [1.82, 2.24) is 19.7 Å². The van der Waals surface area contributed by atoms with Gasteiger partial charge >= 0.3 is 0 Å². The van der Waals surface area contributed by atoms with Crippen LogP contribution in [0.5, 0.6) is 0 Å². The molecular weight excluding hydrogens is 340 g/mol. The number of nitrogens with zero attached hydrogens (tertiary/aromatic N) is 4. The molecule has 5 rings (SSSR count). The molecule has 0 aliphatic rings. The lowest BCUT2D eigenvalue weighted by Gasteiger charge is -2.02. The van der Waals surface area contributed by atoms with E-state index in [0.717, 1.165) is 33.7 Å². The average molecular weight is 354 g/mol. The van der Waals surface area contributed by atoms with E-state index in [1.165, 1.54) is 4.70 Å². The Morgan fingerprint density at radius 3 is 2.50 bits per heavy atom. The SMILES string of the molecule is c1ccc(-n2ccc(-c3ccc4scc(-c5ccncc5)c4n3)n2)cc1. The quantitative estimate of drug-likeness (QED) is 0.447. The molecule has 0 spiro atoms. The Hall–Kier alpha value is -3.31. The van der Waals surface area contributed by atoms with Gasteiger partial charge in [-0.15, -0.1) is 11.3 Å². The summed E-state index contributed by atoms with van der Waals surface area (Å²) in [5, 5.41) is 6.84. The first-order chi connectivity index (χ1) is 12.9.